The number of benzene rings is 4. The van der Waals surface area contributed by atoms with Gasteiger partial charge in [-0.15, -0.1) is 0 Å². The number of halogens is 6. The second kappa shape index (κ2) is 19.6. The Morgan fingerprint density at radius 2 is 1.26 bits per heavy atom. The zero-order chi connectivity index (χ0) is 43.9. The first-order valence-corrected chi connectivity index (χ1v) is 19.0. The smallest absolute Gasteiger partial charge is 0.394 e. The number of nitrogens with two attached hydrogens (primary N) is 2. The Morgan fingerprint density at radius 1 is 0.705 bits per heavy atom. The molecule has 2 aliphatic heterocycles. The van der Waals surface area contributed by atoms with Crippen LogP contribution in [0.2, 0.25) is 0 Å². The average molecular weight is 862 g/mol. The van der Waals surface area contributed by atoms with Crippen molar-refractivity contribution >= 4 is 23.3 Å². The largest absolute Gasteiger partial charge is 0.416 e. The Morgan fingerprint density at radius 3 is 1.82 bits per heavy atom. The molecule has 2 saturated heterocycles. The van der Waals surface area contributed by atoms with E-state index in [1.54, 1.807) is 0 Å². The zero-order valence-corrected chi connectivity index (χ0v) is 32.2. The minimum atomic E-state index is -4.67. The normalized spacial score (nSPS) is 26.5. The third-order valence-corrected chi connectivity index (χ3v) is 10.1. The lowest BCUT2D eigenvalue weighted by Gasteiger charge is -2.46. The van der Waals surface area contributed by atoms with E-state index in [9.17, 15) is 46.8 Å². The van der Waals surface area contributed by atoms with Crippen molar-refractivity contribution in [3.63, 3.8) is 0 Å². The SMILES string of the molecule is NC(=N[C@H]1[C@H](O[C@H]2[C@@H](NCc3ccc(-c4ccccc4)cc3)[C@@H](CO)OC[C@@H]2N=C(N)Nc2cccc(C(F)(F)F)c2)O[C@H](CO)[C@@H](O)[C@@H]1O)Nc1cccc(C(F)(F)F)c1. The second-order valence-corrected chi connectivity index (χ2v) is 14.3. The summed E-state index contributed by atoms with van der Waals surface area (Å²) in [6, 6.07) is 21.9. The maximum absolute atomic E-state index is 13.5. The molecule has 328 valence electrons. The van der Waals surface area contributed by atoms with E-state index in [-0.39, 0.29) is 30.5 Å². The second-order valence-electron chi connectivity index (χ2n) is 14.3. The lowest BCUT2D eigenvalue weighted by molar-refractivity contribution is -0.289. The van der Waals surface area contributed by atoms with Gasteiger partial charge in [0.2, 0.25) is 0 Å². The van der Waals surface area contributed by atoms with Crippen LogP contribution in [0.5, 0.6) is 0 Å². The molecule has 0 bridgehead atoms. The third kappa shape index (κ3) is 11.5. The first kappa shape index (κ1) is 45.2. The van der Waals surface area contributed by atoms with E-state index in [2.05, 4.69) is 25.9 Å². The molecule has 9 atom stereocenters. The summed E-state index contributed by atoms with van der Waals surface area (Å²) in [5.74, 6) is -0.857. The Kier molecular flexibility index (Phi) is 14.5. The van der Waals surface area contributed by atoms with Crippen molar-refractivity contribution in [1.82, 2.24) is 5.32 Å². The maximum Gasteiger partial charge on any atom is 0.416 e. The summed E-state index contributed by atoms with van der Waals surface area (Å²) in [4.78, 5) is 8.71. The number of anilines is 2. The molecule has 0 amide bonds. The molecule has 0 unspecified atom stereocenters. The Bertz CT molecular complexity index is 2110. The summed E-state index contributed by atoms with van der Waals surface area (Å²) in [6.07, 6.45) is -18.2. The molecule has 2 fully saturated rings. The molecular weight excluding hydrogens is 816 g/mol. The number of nitrogens with one attached hydrogen (secondary N) is 3. The van der Waals surface area contributed by atoms with E-state index < -0.39 is 97.6 Å². The predicted octanol–water partition coefficient (Wildman–Crippen LogP) is 3.66. The van der Waals surface area contributed by atoms with Crippen molar-refractivity contribution in [2.45, 2.75) is 73.8 Å². The number of rotatable bonds is 12. The van der Waals surface area contributed by atoms with Gasteiger partial charge >= 0.3 is 12.4 Å². The minimum absolute atomic E-state index is 0.0382. The number of nitrogens with zero attached hydrogens (tertiary/aromatic N) is 2. The van der Waals surface area contributed by atoms with Crippen molar-refractivity contribution < 1.29 is 61.0 Å². The van der Waals surface area contributed by atoms with Crippen LogP contribution in [0.1, 0.15) is 16.7 Å². The number of aliphatic hydroxyl groups excluding tert-OH is 4. The highest BCUT2D eigenvalue weighted by Crippen LogP contribution is 2.33. The van der Waals surface area contributed by atoms with Gasteiger partial charge in [0, 0.05) is 17.9 Å². The number of guanidine groups is 2. The number of hydrogen-bond donors (Lipinski definition) is 9. The van der Waals surface area contributed by atoms with E-state index >= 15 is 0 Å². The first-order valence-electron chi connectivity index (χ1n) is 19.0. The molecule has 0 aromatic heterocycles. The number of alkyl halides is 6. The van der Waals surface area contributed by atoms with Gasteiger partial charge in [0.05, 0.1) is 43.1 Å². The van der Waals surface area contributed by atoms with Gasteiger partial charge in [0.25, 0.3) is 0 Å². The van der Waals surface area contributed by atoms with Gasteiger partial charge in [0.15, 0.2) is 18.2 Å². The van der Waals surface area contributed by atoms with Crippen LogP contribution in [0.4, 0.5) is 37.7 Å². The molecule has 6 rings (SSSR count). The maximum atomic E-state index is 13.5. The van der Waals surface area contributed by atoms with Crippen LogP contribution in [0, 0.1) is 0 Å². The summed E-state index contributed by atoms with van der Waals surface area (Å²) in [5, 5.41) is 51.2. The van der Waals surface area contributed by atoms with E-state index in [1.165, 1.54) is 18.2 Å². The van der Waals surface area contributed by atoms with Gasteiger partial charge in [0.1, 0.15) is 36.5 Å². The van der Waals surface area contributed by atoms with E-state index in [4.69, 9.17) is 25.7 Å². The fourth-order valence-corrected chi connectivity index (χ4v) is 6.97. The Hall–Kier alpha value is -5.32. The summed E-state index contributed by atoms with van der Waals surface area (Å²) in [6.45, 7) is -1.43. The van der Waals surface area contributed by atoms with Gasteiger partial charge in [-0.05, 0) is 53.1 Å². The molecule has 2 heterocycles. The van der Waals surface area contributed by atoms with Crippen LogP contribution < -0.4 is 27.4 Å². The number of hydrogen-bond acceptors (Lipinski definition) is 10. The number of aliphatic imine (C=N–C) groups is 2. The molecule has 0 aliphatic carbocycles. The van der Waals surface area contributed by atoms with Gasteiger partial charge < -0.3 is 62.1 Å². The Balaban J connectivity index is 1.32. The van der Waals surface area contributed by atoms with Crippen LogP contribution in [-0.2, 0) is 33.1 Å². The Labute approximate surface area is 345 Å². The van der Waals surface area contributed by atoms with Crippen LogP contribution in [-0.4, -0.2) is 107 Å². The highest BCUT2D eigenvalue weighted by molar-refractivity contribution is 5.93. The highest BCUT2D eigenvalue weighted by Gasteiger charge is 2.49. The summed E-state index contributed by atoms with van der Waals surface area (Å²) < 4.78 is 99.1. The number of aliphatic hydroxyl groups is 4. The molecule has 11 N–H and O–H groups in total. The standard InChI is InChI=1S/C41H45F6N7O7/c42-40(43,44)25-8-4-10-27(16-25)51-38(48)53-29-21-59-30(19-55)32(50-18-22-12-14-24(15-13-22)23-6-2-1-3-7-23)36(29)61-37-33(35(58)34(57)31(20-56)60-37)54-39(49)52-28-11-5-9-26(17-28)41(45,46)47/h1-17,29-37,50,55-58H,18-21H2,(H3,48,51,53)(H3,49,52,54)/t29-,30+,31+,32-,33+,34+,35+,36+,37-/m0/s1. The lowest BCUT2D eigenvalue weighted by atomic mass is 9.93. The van der Waals surface area contributed by atoms with E-state index in [1.807, 2.05) is 54.6 Å². The van der Waals surface area contributed by atoms with Crippen LogP contribution >= 0.6 is 0 Å². The molecule has 4 aromatic carbocycles. The monoisotopic (exact) mass is 861 g/mol. The van der Waals surface area contributed by atoms with Crippen LogP contribution in [0.25, 0.3) is 11.1 Å². The third-order valence-electron chi connectivity index (χ3n) is 10.1. The zero-order valence-electron chi connectivity index (χ0n) is 32.2. The molecule has 0 saturated carbocycles. The van der Waals surface area contributed by atoms with Crippen molar-refractivity contribution in [3.05, 3.63) is 120 Å². The molecule has 0 radical (unpaired) electrons. The molecule has 4 aromatic rings. The van der Waals surface area contributed by atoms with Crippen molar-refractivity contribution in [1.29, 1.82) is 0 Å². The van der Waals surface area contributed by atoms with Crippen LogP contribution in [0.3, 0.4) is 0 Å². The summed E-state index contributed by atoms with van der Waals surface area (Å²) in [7, 11) is 0. The topological polar surface area (TPSA) is 221 Å². The molecule has 14 nitrogen and oxygen atoms in total. The van der Waals surface area contributed by atoms with E-state index in [0.29, 0.717) is 0 Å². The highest BCUT2D eigenvalue weighted by atomic mass is 19.4. The van der Waals surface area contributed by atoms with Gasteiger partial charge in [-0.1, -0.05) is 66.7 Å². The predicted molar refractivity (Wildman–Crippen MR) is 213 cm³/mol. The lowest BCUT2D eigenvalue weighted by Crippen LogP contribution is -2.65. The van der Waals surface area contributed by atoms with Crippen molar-refractivity contribution in [3.8, 4) is 11.1 Å². The molecule has 0 spiro atoms. The first-order chi connectivity index (χ1) is 29.0. The molecule has 20 heteroatoms. The molecular formula is C41H45F6N7O7. The summed E-state index contributed by atoms with van der Waals surface area (Å²) >= 11 is 0. The van der Waals surface area contributed by atoms with Gasteiger partial charge in [-0.25, -0.2) is 9.98 Å². The quantitative estimate of drug-likeness (QED) is 0.0566. The summed E-state index contributed by atoms with van der Waals surface area (Å²) in [5.41, 5.74) is 13.1. The fraction of sp³-hybridized carbons (Fsp3) is 0.366. The molecule has 2 aliphatic rings. The average Bonchev–Trinajstić information content (AvgIpc) is 3.23. The minimum Gasteiger partial charge on any atom is -0.394 e. The van der Waals surface area contributed by atoms with Crippen LogP contribution in [0.15, 0.2) is 113 Å². The van der Waals surface area contributed by atoms with Gasteiger partial charge in [-0.2, -0.15) is 26.3 Å². The number of ether oxygens (including phenoxy) is 3. The van der Waals surface area contributed by atoms with E-state index in [0.717, 1.165) is 47.0 Å². The van der Waals surface area contributed by atoms with Gasteiger partial charge in [-0.3, -0.25) is 0 Å². The van der Waals surface area contributed by atoms with Crippen molar-refractivity contribution in [2.75, 3.05) is 30.5 Å². The van der Waals surface area contributed by atoms with Crippen molar-refractivity contribution in [2.24, 2.45) is 21.5 Å². The molecule has 61 heavy (non-hydrogen) atoms. The fourth-order valence-electron chi connectivity index (χ4n) is 6.97.